The molecule has 2 aliphatic rings. The Morgan fingerprint density at radius 3 is 2.96 bits per heavy atom. The molecule has 23 heavy (non-hydrogen) atoms. The van der Waals surface area contributed by atoms with Crippen molar-refractivity contribution in [3.63, 3.8) is 0 Å². The third-order valence-corrected chi connectivity index (χ3v) is 4.86. The van der Waals surface area contributed by atoms with E-state index >= 15 is 0 Å². The van der Waals surface area contributed by atoms with Crippen molar-refractivity contribution >= 4 is 41.5 Å². The molecule has 0 aromatic heterocycles. The van der Waals surface area contributed by atoms with E-state index in [1.165, 1.54) is 6.07 Å². The van der Waals surface area contributed by atoms with E-state index in [0.29, 0.717) is 12.0 Å². The van der Waals surface area contributed by atoms with Gasteiger partial charge in [0.15, 0.2) is 5.96 Å². The van der Waals surface area contributed by atoms with Crippen LogP contribution in [0.25, 0.3) is 0 Å². The number of hydrogen-bond acceptors (Lipinski definition) is 2. The standard InChI is InChI=1S/C16H21ClFN3O.HI/c1-19-15(20-9-12-2-3-14(18)13(17)8-12)21-6-4-16(10-21)5-7-22-11-16;/h2-3,8H,4-7,9-11H2,1H3,(H,19,20);1H. The lowest BCUT2D eigenvalue weighted by Crippen LogP contribution is -2.41. The molecule has 0 saturated carbocycles. The largest absolute Gasteiger partial charge is 0.381 e. The number of ether oxygens (including phenoxy) is 1. The zero-order valence-electron chi connectivity index (χ0n) is 13.1. The number of nitrogens with zero attached hydrogens (tertiary/aromatic N) is 2. The van der Waals surface area contributed by atoms with Gasteiger partial charge in [-0.05, 0) is 30.5 Å². The van der Waals surface area contributed by atoms with Crippen molar-refractivity contribution in [3.8, 4) is 0 Å². The van der Waals surface area contributed by atoms with Gasteiger partial charge < -0.3 is 15.0 Å². The molecule has 1 spiro atoms. The van der Waals surface area contributed by atoms with E-state index in [1.807, 2.05) is 0 Å². The average molecular weight is 454 g/mol. The lowest BCUT2D eigenvalue weighted by molar-refractivity contribution is 0.156. The molecule has 1 N–H and O–H groups in total. The molecular weight excluding hydrogens is 432 g/mol. The van der Waals surface area contributed by atoms with Gasteiger partial charge in [0.2, 0.25) is 0 Å². The molecule has 0 bridgehead atoms. The van der Waals surface area contributed by atoms with Crippen LogP contribution in [0.4, 0.5) is 4.39 Å². The highest BCUT2D eigenvalue weighted by Crippen LogP contribution is 2.38. The van der Waals surface area contributed by atoms with E-state index in [1.54, 1.807) is 19.2 Å². The second-order valence-electron chi connectivity index (χ2n) is 6.12. The van der Waals surface area contributed by atoms with Crippen LogP contribution in [-0.2, 0) is 11.3 Å². The minimum absolute atomic E-state index is 0. The summed E-state index contributed by atoms with van der Waals surface area (Å²) in [6.07, 6.45) is 2.28. The number of guanidine groups is 1. The SMILES string of the molecule is CN=C(NCc1ccc(F)c(Cl)c1)N1CCC2(CCOC2)C1.I. The van der Waals surface area contributed by atoms with Gasteiger partial charge in [0, 0.05) is 38.7 Å². The van der Waals surface area contributed by atoms with Crippen molar-refractivity contribution in [1.82, 2.24) is 10.2 Å². The summed E-state index contributed by atoms with van der Waals surface area (Å²) in [6, 6.07) is 4.77. The molecule has 128 valence electrons. The van der Waals surface area contributed by atoms with E-state index in [0.717, 1.165) is 50.7 Å². The summed E-state index contributed by atoms with van der Waals surface area (Å²) in [5.41, 5.74) is 1.24. The summed E-state index contributed by atoms with van der Waals surface area (Å²) in [6.45, 7) is 4.28. The fourth-order valence-corrected chi connectivity index (χ4v) is 3.45. The quantitative estimate of drug-likeness (QED) is 0.424. The normalized spacial score (nSPS) is 24.1. The van der Waals surface area contributed by atoms with E-state index in [9.17, 15) is 4.39 Å². The zero-order chi connectivity index (χ0) is 15.6. The maximum atomic E-state index is 13.2. The van der Waals surface area contributed by atoms with Crippen LogP contribution >= 0.6 is 35.6 Å². The maximum absolute atomic E-state index is 13.2. The van der Waals surface area contributed by atoms with Gasteiger partial charge in [-0.25, -0.2) is 4.39 Å². The first-order valence-corrected chi connectivity index (χ1v) is 7.97. The van der Waals surface area contributed by atoms with Crippen molar-refractivity contribution in [2.75, 3.05) is 33.4 Å². The van der Waals surface area contributed by atoms with Crippen molar-refractivity contribution < 1.29 is 9.13 Å². The van der Waals surface area contributed by atoms with Crippen molar-refractivity contribution in [3.05, 3.63) is 34.6 Å². The molecule has 1 atom stereocenters. The summed E-state index contributed by atoms with van der Waals surface area (Å²) < 4.78 is 18.7. The molecule has 1 aromatic carbocycles. The molecule has 1 aromatic rings. The van der Waals surface area contributed by atoms with Gasteiger partial charge in [0.05, 0.1) is 11.6 Å². The van der Waals surface area contributed by atoms with Crippen LogP contribution in [0.1, 0.15) is 18.4 Å². The number of likely N-dealkylation sites (tertiary alicyclic amines) is 1. The Hall–Kier alpha value is -0.600. The predicted molar refractivity (Wildman–Crippen MR) is 101 cm³/mol. The second kappa shape index (κ2) is 7.98. The molecule has 1 unspecified atom stereocenters. The third-order valence-electron chi connectivity index (χ3n) is 4.57. The van der Waals surface area contributed by atoms with Crippen molar-refractivity contribution in [2.24, 2.45) is 10.4 Å². The first-order chi connectivity index (χ1) is 10.6. The number of hydrogen-bond donors (Lipinski definition) is 1. The van der Waals surface area contributed by atoms with Gasteiger partial charge in [0.25, 0.3) is 0 Å². The average Bonchev–Trinajstić information content (AvgIpc) is 3.14. The fourth-order valence-electron chi connectivity index (χ4n) is 3.25. The lowest BCUT2D eigenvalue weighted by atomic mass is 9.87. The van der Waals surface area contributed by atoms with Gasteiger partial charge in [-0.3, -0.25) is 4.99 Å². The minimum atomic E-state index is -0.391. The molecule has 3 rings (SSSR count). The van der Waals surface area contributed by atoms with E-state index in [-0.39, 0.29) is 29.0 Å². The summed E-state index contributed by atoms with van der Waals surface area (Å²) in [4.78, 5) is 6.64. The first-order valence-electron chi connectivity index (χ1n) is 7.59. The second-order valence-corrected chi connectivity index (χ2v) is 6.53. The number of rotatable bonds is 2. The van der Waals surface area contributed by atoms with Crippen LogP contribution in [0.5, 0.6) is 0 Å². The number of benzene rings is 1. The Balaban J connectivity index is 0.00000192. The monoisotopic (exact) mass is 453 g/mol. The van der Waals surface area contributed by atoms with Gasteiger partial charge in [-0.1, -0.05) is 17.7 Å². The molecular formula is C16H22ClFIN3O. The van der Waals surface area contributed by atoms with Crippen molar-refractivity contribution in [1.29, 1.82) is 0 Å². The van der Waals surface area contributed by atoms with Crippen LogP contribution < -0.4 is 5.32 Å². The molecule has 4 nitrogen and oxygen atoms in total. The Morgan fingerprint density at radius 2 is 2.30 bits per heavy atom. The molecule has 0 amide bonds. The summed E-state index contributed by atoms with van der Waals surface area (Å²) in [7, 11) is 1.79. The minimum Gasteiger partial charge on any atom is -0.381 e. The lowest BCUT2D eigenvalue weighted by Gasteiger charge is -2.25. The van der Waals surface area contributed by atoms with Gasteiger partial charge >= 0.3 is 0 Å². The maximum Gasteiger partial charge on any atom is 0.193 e. The van der Waals surface area contributed by atoms with Gasteiger partial charge in [-0.2, -0.15) is 0 Å². The summed E-state index contributed by atoms with van der Waals surface area (Å²) >= 11 is 5.81. The summed E-state index contributed by atoms with van der Waals surface area (Å²) in [5, 5.41) is 3.49. The fraction of sp³-hybridized carbons (Fsp3) is 0.562. The van der Waals surface area contributed by atoms with Gasteiger partial charge in [-0.15, -0.1) is 24.0 Å². The third kappa shape index (κ3) is 4.28. The zero-order valence-corrected chi connectivity index (χ0v) is 16.2. The van der Waals surface area contributed by atoms with Crippen LogP contribution in [0.3, 0.4) is 0 Å². The Morgan fingerprint density at radius 1 is 1.48 bits per heavy atom. The van der Waals surface area contributed by atoms with Crippen molar-refractivity contribution in [2.45, 2.75) is 19.4 Å². The molecule has 2 fully saturated rings. The summed E-state index contributed by atoms with van der Waals surface area (Å²) in [5.74, 6) is 0.488. The Labute approximate surface area is 158 Å². The number of nitrogens with one attached hydrogen (secondary N) is 1. The van der Waals surface area contributed by atoms with Crippen LogP contribution in [0.2, 0.25) is 5.02 Å². The highest BCUT2D eigenvalue weighted by atomic mass is 127. The van der Waals surface area contributed by atoms with E-state index < -0.39 is 5.82 Å². The van der Waals surface area contributed by atoms with E-state index in [4.69, 9.17) is 16.3 Å². The molecule has 0 aliphatic carbocycles. The van der Waals surface area contributed by atoms with Gasteiger partial charge in [0.1, 0.15) is 5.82 Å². The predicted octanol–water partition coefficient (Wildman–Crippen LogP) is 3.28. The first kappa shape index (κ1) is 18.7. The number of halogens is 3. The molecule has 7 heteroatoms. The van der Waals surface area contributed by atoms with E-state index in [2.05, 4.69) is 15.2 Å². The molecule has 2 saturated heterocycles. The Kier molecular flexibility index (Phi) is 6.50. The highest BCUT2D eigenvalue weighted by Gasteiger charge is 2.42. The number of aliphatic imine (C=N–C) groups is 1. The van der Waals surface area contributed by atoms with Crippen LogP contribution in [0, 0.1) is 11.2 Å². The smallest absolute Gasteiger partial charge is 0.193 e. The molecule has 2 aliphatic heterocycles. The topological polar surface area (TPSA) is 36.9 Å². The molecule has 0 radical (unpaired) electrons. The molecule has 2 heterocycles. The van der Waals surface area contributed by atoms with Crippen LogP contribution in [0.15, 0.2) is 23.2 Å². The highest BCUT2D eigenvalue weighted by molar-refractivity contribution is 14.0. The Bertz CT molecular complexity index is 578. The van der Waals surface area contributed by atoms with Crippen LogP contribution in [-0.4, -0.2) is 44.2 Å².